The zero-order valence-corrected chi connectivity index (χ0v) is 17.2. The van der Waals surface area contributed by atoms with Gasteiger partial charge >= 0.3 is 12.1 Å². The molecule has 8 heteroatoms. The Balaban J connectivity index is 1.24. The minimum Gasteiger partial charge on any atom is -0.469 e. The van der Waals surface area contributed by atoms with Crippen LogP contribution in [-0.2, 0) is 14.3 Å². The van der Waals surface area contributed by atoms with Crippen molar-refractivity contribution in [2.75, 3.05) is 66.6 Å². The molecule has 0 aromatic rings. The van der Waals surface area contributed by atoms with Gasteiger partial charge in [0.1, 0.15) is 0 Å². The van der Waals surface area contributed by atoms with Crippen molar-refractivity contribution in [2.24, 2.45) is 5.92 Å². The van der Waals surface area contributed by atoms with E-state index < -0.39 is 0 Å². The second-order valence-corrected chi connectivity index (χ2v) is 8.74. The first-order valence-corrected chi connectivity index (χ1v) is 10.7. The maximum atomic E-state index is 11.8. The molecule has 0 aromatic heterocycles. The van der Waals surface area contributed by atoms with Gasteiger partial charge in [0.2, 0.25) is 0 Å². The van der Waals surface area contributed by atoms with E-state index in [1.54, 1.807) is 0 Å². The van der Waals surface area contributed by atoms with Crippen molar-refractivity contribution in [3.63, 3.8) is 0 Å². The largest absolute Gasteiger partial charge is 0.469 e. The standard InChI is InChI=1S/C20H34N4O4/c1-27-19(25)15-3-7-21(11-15)16-4-8-22(12-16)17-5-9-23(13-17)18-6-10-24(14-18)20(26)28-2/h15-18H,3-14H2,1-2H3/t15-,16-,17-,18-/m0/s1. The quantitative estimate of drug-likeness (QED) is 0.642. The smallest absolute Gasteiger partial charge is 0.409 e. The molecule has 1 amide bonds. The van der Waals surface area contributed by atoms with Crippen LogP contribution in [0.2, 0.25) is 0 Å². The van der Waals surface area contributed by atoms with Crippen molar-refractivity contribution in [2.45, 2.75) is 43.8 Å². The van der Waals surface area contributed by atoms with Gasteiger partial charge in [0.15, 0.2) is 0 Å². The van der Waals surface area contributed by atoms with Crippen LogP contribution >= 0.6 is 0 Å². The van der Waals surface area contributed by atoms with Gasteiger partial charge in [0, 0.05) is 63.9 Å². The Hall–Kier alpha value is -1.38. The first-order valence-electron chi connectivity index (χ1n) is 10.7. The van der Waals surface area contributed by atoms with Crippen LogP contribution in [-0.4, -0.2) is 116 Å². The zero-order valence-electron chi connectivity index (χ0n) is 17.2. The average molecular weight is 395 g/mol. The van der Waals surface area contributed by atoms with E-state index in [1.165, 1.54) is 27.1 Å². The SMILES string of the molecule is COC(=O)[C@H]1CCN([C@H]2CCN([C@H]3CCN([C@H]4CCN(C(=O)OC)C4)C3)C2)C1. The van der Waals surface area contributed by atoms with Gasteiger partial charge in [-0.15, -0.1) is 0 Å². The number of rotatable bonds is 4. The Bertz CT molecular complexity index is 539. The topological polar surface area (TPSA) is 65.6 Å². The predicted molar refractivity (Wildman–Crippen MR) is 104 cm³/mol. The number of carbonyl (C=O) groups is 2. The van der Waals surface area contributed by atoms with Crippen LogP contribution in [0.3, 0.4) is 0 Å². The lowest BCUT2D eigenvalue weighted by Gasteiger charge is -2.28. The van der Waals surface area contributed by atoms with Crippen molar-refractivity contribution in [1.29, 1.82) is 0 Å². The summed E-state index contributed by atoms with van der Waals surface area (Å²) in [7, 11) is 2.95. The number of methoxy groups -OCH3 is 2. The fraction of sp³-hybridized carbons (Fsp3) is 0.900. The zero-order chi connectivity index (χ0) is 19.7. The maximum Gasteiger partial charge on any atom is 0.409 e. The molecular formula is C20H34N4O4. The Kier molecular flexibility index (Phi) is 6.08. The van der Waals surface area contributed by atoms with E-state index in [-0.39, 0.29) is 18.0 Å². The molecule has 4 aliphatic heterocycles. The number of carbonyl (C=O) groups excluding carboxylic acids is 2. The summed E-state index contributed by atoms with van der Waals surface area (Å²) in [6.07, 6.45) is 4.19. The highest BCUT2D eigenvalue weighted by atomic mass is 16.5. The molecule has 0 radical (unpaired) electrons. The van der Waals surface area contributed by atoms with Crippen LogP contribution in [0.1, 0.15) is 25.7 Å². The Labute approximate surface area is 167 Å². The molecule has 0 unspecified atom stereocenters. The second-order valence-electron chi connectivity index (χ2n) is 8.74. The third-order valence-electron chi connectivity index (χ3n) is 7.29. The van der Waals surface area contributed by atoms with Gasteiger partial charge < -0.3 is 14.4 Å². The van der Waals surface area contributed by atoms with Crippen LogP contribution in [0.4, 0.5) is 4.79 Å². The van der Waals surface area contributed by atoms with E-state index >= 15 is 0 Å². The summed E-state index contributed by atoms with van der Waals surface area (Å²) in [6, 6.07) is 1.67. The summed E-state index contributed by atoms with van der Waals surface area (Å²) >= 11 is 0. The molecule has 0 bridgehead atoms. The van der Waals surface area contributed by atoms with E-state index in [4.69, 9.17) is 9.47 Å². The fourth-order valence-electron chi connectivity index (χ4n) is 5.61. The third kappa shape index (κ3) is 4.00. The molecule has 158 valence electrons. The normalized spacial score (nSPS) is 35.0. The molecule has 0 N–H and O–H groups in total. The number of nitrogens with zero attached hydrogens (tertiary/aromatic N) is 4. The summed E-state index contributed by atoms with van der Waals surface area (Å²) < 4.78 is 9.79. The van der Waals surface area contributed by atoms with Gasteiger partial charge in [-0.3, -0.25) is 19.5 Å². The number of hydrogen-bond donors (Lipinski definition) is 0. The molecule has 0 aliphatic carbocycles. The molecule has 4 atom stereocenters. The lowest BCUT2D eigenvalue weighted by Crippen LogP contribution is -2.42. The predicted octanol–water partition coefficient (Wildman–Crippen LogP) is 0.471. The molecule has 4 fully saturated rings. The van der Waals surface area contributed by atoms with Gasteiger partial charge in [-0.1, -0.05) is 0 Å². The molecular weight excluding hydrogens is 360 g/mol. The maximum absolute atomic E-state index is 11.8. The van der Waals surface area contributed by atoms with Gasteiger partial charge in [-0.25, -0.2) is 4.79 Å². The van der Waals surface area contributed by atoms with Gasteiger partial charge in [0.25, 0.3) is 0 Å². The summed E-state index contributed by atoms with van der Waals surface area (Å²) in [5.74, 6) is 0.00231. The number of amides is 1. The van der Waals surface area contributed by atoms with E-state index in [0.717, 1.165) is 65.2 Å². The second kappa shape index (κ2) is 8.55. The monoisotopic (exact) mass is 394 g/mol. The summed E-state index contributed by atoms with van der Waals surface area (Å²) in [6.45, 7) is 7.98. The Morgan fingerprint density at radius 3 is 1.82 bits per heavy atom. The highest BCUT2D eigenvalue weighted by Gasteiger charge is 2.40. The lowest BCUT2D eigenvalue weighted by atomic mass is 10.1. The van der Waals surface area contributed by atoms with Gasteiger partial charge in [-0.2, -0.15) is 0 Å². The first-order chi connectivity index (χ1) is 13.6. The summed E-state index contributed by atoms with van der Waals surface area (Å²) in [5.41, 5.74) is 0. The summed E-state index contributed by atoms with van der Waals surface area (Å²) in [4.78, 5) is 33.1. The van der Waals surface area contributed by atoms with Crippen LogP contribution in [0.15, 0.2) is 0 Å². The number of esters is 1. The number of hydrogen-bond acceptors (Lipinski definition) is 7. The average Bonchev–Trinajstić information content (AvgIpc) is 3.49. The van der Waals surface area contributed by atoms with Gasteiger partial charge in [0.05, 0.1) is 20.1 Å². The fourth-order valence-corrected chi connectivity index (χ4v) is 5.61. The van der Waals surface area contributed by atoms with E-state index in [9.17, 15) is 9.59 Å². The van der Waals surface area contributed by atoms with E-state index in [1.807, 2.05) is 4.90 Å². The van der Waals surface area contributed by atoms with Crippen molar-refractivity contribution in [1.82, 2.24) is 19.6 Å². The molecule has 28 heavy (non-hydrogen) atoms. The Morgan fingerprint density at radius 1 is 0.679 bits per heavy atom. The lowest BCUT2D eigenvalue weighted by molar-refractivity contribution is -0.145. The highest BCUT2D eigenvalue weighted by molar-refractivity contribution is 5.72. The van der Waals surface area contributed by atoms with Crippen LogP contribution < -0.4 is 0 Å². The van der Waals surface area contributed by atoms with Crippen molar-refractivity contribution in [3.8, 4) is 0 Å². The van der Waals surface area contributed by atoms with Crippen molar-refractivity contribution < 1.29 is 19.1 Å². The minimum atomic E-state index is -0.198. The van der Waals surface area contributed by atoms with Gasteiger partial charge in [-0.05, 0) is 32.2 Å². The number of ether oxygens (including phenoxy) is 2. The molecule has 4 saturated heterocycles. The number of likely N-dealkylation sites (tertiary alicyclic amines) is 4. The van der Waals surface area contributed by atoms with Crippen molar-refractivity contribution in [3.05, 3.63) is 0 Å². The minimum absolute atomic E-state index is 0.0543. The first kappa shape index (κ1) is 19.9. The molecule has 0 spiro atoms. The van der Waals surface area contributed by atoms with Crippen molar-refractivity contribution >= 4 is 12.1 Å². The van der Waals surface area contributed by atoms with E-state index in [0.29, 0.717) is 18.1 Å². The Morgan fingerprint density at radius 2 is 1.21 bits per heavy atom. The van der Waals surface area contributed by atoms with Crippen LogP contribution in [0.5, 0.6) is 0 Å². The highest BCUT2D eigenvalue weighted by Crippen LogP contribution is 2.29. The molecule has 4 heterocycles. The van der Waals surface area contributed by atoms with E-state index in [2.05, 4.69) is 14.7 Å². The third-order valence-corrected chi connectivity index (χ3v) is 7.29. The molecule has 4 rings (SSSR count). The molecule has 8 nitrogen and oxygen atoms in total. The van der Waals surface area contributed by atoms with Crippen LogP contribution in [0.25, 0.3) is 0 Å². The molecule has 0 saturated carbocycles. The molecule has 4 aliphatic rings. The molecule has 0 aromatic carbocycles. The van der Waals surface area contributed by atoms with Crippen LogP contribution in [0, 0.1) is 5.92 Å². The summed E-state index contributed by atoms with van der Waals surface area (Å²) in [5, 5.41) is 0.